The molecule has 0 fully saturated rings. The van der Waals surface area contributed by atoms with Gasteiger partial charge in [0.25, 0.3) is 11.6 Å². The largest absolute Gasteiger partial charge is 0.463 e. The second-order valence-corrected chi connectivity index (χ2v) is 9.57. The molecule has 3 aromatic rings. The summed E-state index contributed by atoms with van der Waals surface area (Å²) < 4.78 is 5.47. The Labute approximate surface area is 238 Å². The molecule has 4 rings (SSSR count). The molecule has 0 aliphatic carbocycles. The molecule has 1 unspecified atom stereocenters. The number of ether oxygens (including phenoxy) is 1. The number of nitrogens with zero attached hydrogens (tertiary/aromatic N) is 2. The van der Waals surface area contributed by atoms with Gasteiger partial charge in [-0.1, -0.05) is 61.9 Å². The van der Waals surface area contributed by atoms with Gasteiger partial charge in [-0.15, -0.1) is 0 Å². The molecular weight excluding hydrogens is 524 g/mol. The van der Waals surface area contributed by atoms with Crippen LogP contribution in [-0.4, -0.2) is 40.9 Å². The minimum Gasteiger partial charge on any atom is -0.463 e. The fourth-order valence-corrected chi connectivity index (χ4v) is 4.71. The third kappa shape index (κ3) is 6.43. The number of aryl methyl sites for hydroxylation is 1. The first-order valence-electron chi connectivity index (χ1n) is 13.5. The Balaban J connectivity index is 1.76. The third-order valence-corrected chi connectivity index (χ3v) is 6.75. The predicted octanol–water partition coefficient (Wildman–Crippen LogP) is 6.00. The van der Waals surface area contributed by atoms with Crippen LogP contribution in [0.2, 0.25) is 0 Å². The first kappa shape index (κ1) is 29.0. The van der Waals surface area contributed by atoms with Crippen LogP contribution < -0.4 is 10.6 Å². The number of rotatable bonds is 10. The number of unbranched alkanes of at least 4 members (excludes halogenated alkanes) is 1. The molecule has 212 valence electrons. The van der Waals surface area contributed by atoms with E-state index in [0.717, 1.165) is 12.8 Å². The van der Waals surface area contributed by atoms with E-state index in [9.17, 15) is 24.5 Å². The molecule has 1 atom stereocenters. The lowest BCUT2D eigenvalue weighted by Crippen LogP contribution is -2.48. The maximum Gasteiger partial charge on any atom is 0.338 e. The summed E-state index contributed by atoms with van der Waals surface area (Å²) in [7, 11) is 0. The Morgan fingerprint density at radius 1 is 1.05 bits per heavy atom. The number of benzene rings is 3. The molecular formula is C31H32N4O6. The van der Waals surface area contributed by atoms with Gasteiger partial charge in [0.2, 0.25) is 0 Å². The minimum atomic E-state index is -0.855. The van der Waals surface area contributed by atoms with Gasteiger partial charge < -0.3 is 15.4 Å². The van der Waals surface area contributed by atoms with E-state index in [0.29, 0.717) is 34.6 Å². The minimum absolute atomic E-state index is 0.128. The van der Waals surface area contributed by atoms with Gasteiger partial charge in [-0.2, -0.15) is 0 Å². The normalized spacial score (nSPS) is 14.9. The molecule has 10 heteroatoms. The molecule has 0 aromatic heterocycles. The highest BCUT2D eigenvalue weighted by Gasteiger charge is 2.38. The zero-order chi connectivity index (χ0) is 29.5. The van der Waals surface area contributed by atoms with Crippen molar-refractivity contribution in [3.63, 3.8) is 0 Å². The molecule has 3 aromatic carbocycles. The Morgan fingerprint density at radius 3 is 2.49 bits per heavy atom. The summed E-state index contributed by atoms with van der Waals surface area (Å²) >= 11 is 0. The molecule has 3 amide bonds. The van der Waals surface area contributed by atoms with E-state index in [1.807, 2.05) is 37.3 Å². The summed E-state index contributed by atoms with van der Waals surface area (Å²) in [5.41, 5.74) is 2.84. The number of esters is 1. The SMILES string of the molecule is CCCCN1C(=O)NC(c2cccc(NC(=O)c3ccc(C)c([N+](=O)[O-])c3)c2)C(C(=O)OCC)=C1c1ccccc1. The summed E-state index contributed by atoms with van der Waals surface area (Å²) in [6.45, 7) is 5.91. The van der Waals surface area contributed by atoms with Crippen LogP contribution >= 0.6 is 0 Å². The number of carbonyl (C=O) groups excluding carboxylic acids is 3. The van der Waals surface area contributed by atoms with Crippen molar-refractivity contribution in [3.8, 4) is 0 Å². The molecule has 0 spiro atoms. The number of amides is 3. The standard InChI is InChI=1S/C31H32N4O6/c1-4-6-17-34-28(21-11-8-7-9-12-21)26(30(37)41-5-2)27(33-31(34)38)22-13-10-14-24(18-22)32-29(36)23-16-15-20(3)25(19-23)35(39)40/h7-16,18-19,27H,4-6,17H2,1-3H3,(H,32,36)(H,33,38). The molecule has 41 heavy (non-hydrogen) atoms. The summed E-state index contributed by atoms with van der Waals surface area (Å²) in [5.74, 6) is -1.09. The lowest BCUT2D eigenvalue weighted by Gasteiger charge is -2.37. The lowest BCUT2D eigenvalue weighted by atomic mass is 9.91. The fraction of sp³-hybridized carbons (Fsp3) is 0.258. The summed E-state index contributed by atoms with van der Waals surface area (Å²) in [4.78, 5) is 52.3. The number of hydrogen-bond donors (Lipinski definition) is 2. The average Bonchev–Trinajstić information content (AvgIpc) is 2.96. The number of anilines is 1. The fourth-order valence-electron chi connectivity index (χ4n) is 4.71. The second kappa shape index (κ2) is 12.9. The van der Waals surface area contributed by atoms with Crippen LogP contribution in [0.4, 0.5) is 16.2 Å². The smallest absolute Gasteiger partial charge is 0.338 e. The molecule has 0 bridgehead atoms. The predicted molar refractivity (Wildman–Crippen MR) is 155 cm³/mol. The van der Waals surface area contributed by atoms with Crippen molar-refractivity contribution in [3.05, 3.63) is 111 Å². The number of nitrogens with one attached hydrogen (secondary N) is 2. The van der Waals surface area contributed by atoms with Gasteiger partial charge >= 0.3 is 12.0 Å². The van der Waals surface area contributed by atoms with Crippen LogP contribution in [-0.2, 0) is 9.53 Å². The van der Waals surface area contributed by atoms with E-state index in [1.54, 1.807) is 43.0 Å². The number of urea groups is 1. The van der Waals surface area contributed by atoms with Gasteiger partial charge in [0, 0.05) is 29.4 Å². The lowest BCUT2D eigenvalue weighted by molar-refractivity contribution is -0.385. The highest BCUT2D eigenvalue weighted by atomic mass is 16.6. The molecule has 0 saturated heterocycles. The first-order valence-corrected chi connectivity index (χ1v) is 13.5. The maximum atomic E-state index is 13.5. The van der Waals surface area contributed by atoms with Crippen molar-refractivity contribution in [1.29, 1.82) is 0 Å². The molecule has 1 heterocycles. The summed E-state index contributed by atoms with van der Waals surface area (Å²) in [6.07, 6.45) is 1.60. The van der Waals surface area contributed by atoms with Gasteiger partial charge in [-0.3, -0.25) is 19.8 Å². The van der Waals surface area contributed by atoms with Crippen LogP contribution in [0, 0.1) is 17.0 Å². The average molecular weight is 557 g/mol. The van der Waals surface area contributed by atoms with Gasteiger partial charge in [0.1, 0.15) is 0 Å². The van der Waals surface area contributed by atoms with Gasteiger partial charge in [0.15, 0.2) is 0 Å². The van der Waals surface area contributed by atoms with E-state index >= 15 is 0 Å². The first-order chi connectivity index (χ1) is 19.7. The summed E-state index contributed by atoms with van der Waals surface area (Å²) in [5, 5.41) is 17.1. The van der Waals surface area contributed by atoms with Crippen molar-refractivity contribution in [2.24, 2.45) is 0 Å². The number of carbonyl (C=O) groups is 3. The van der Waals surface area contributed by atoms with Crippen molar-refractivity contribution in [1.82, 2.24) is 10.2 Å². The topological polar surface area (TPSA) is 131 Å². The molecule has 0 radical (unpaired) electrons. The quantitative estimate of drug-likeness (QED) is 0.179. The van der Waals surface area contributed by atoms with E-state index < -0.39 is 22.8 Å². The van der Waals surface area contributed by atoms with Crippen LogP contribution in [0.25, 0.3) is 5.70 Å². The Morgan fingerprint density at radius 2 is 1.80 bits per heavy atom. The Hall–Kier alpha value is -4.99. The van der Waals surface area contributed by atoms with Crippen molar-refractivity contribution >= 4 is 35.0 Å². The van der Waals surface area contributed by atoms with Gasteiger partial charge in [-0.25, -0.2) is 9.59 Å². The zero-order valence-corrected chi connectivity index (χ0v) is 23.2. The van der Waals surface area contributed by atoms with E-state index in [4.69, 9.17) is 4.74 Å². The Kier molecular flexibility index (Phi) is 9.13. The Bertz CT molecular complexity index is 1500. The molecule has 1 aliphatic heterocycles. The molecule has 0 saturated carbocycles. The third-order valence-electron chi connectivity index (χ3n) is 6.75. The number of nitro benzene ring substituents is 1. The van der Waals surface area contributed by atoms with Crippen molar-refractivity contribution in [2.75, 3.05) is 18.5 Å². The van der Waals surface area contributed by atoms with Crippen LogP contribution in [0.3, 0.4) is 0 Å². The van der Waals surface area contributed by atoms with Crippen LogP contribution in [0.15, 0.2) is 78.4 Å². The van der Waals surface area contributed by atoms with Crippen molar-refractivity contribution in [2.45, 2.75) is 39.7 Å². The van der Waals surface area contributed by atoms with Gasteiger partial charge in [-0.05, 0) is 49.6 Å². The number of hydrogen-bond acceptors (Lipinski definition) is 6. The number of nitro groups is 1. The van der Waals surface area contributed by atoms with Crippen molar-refractivity contribution < 1.29 is 24.0 Å². The van der Waals surface area contributed by atoms with Gasteiger partial charge in [0.05, 0.1) is 28.8 Å². The zero-order valence-electron chi connectivity index (χ0n) is 23.2. The van der Waals surface area contributed by atoms with E-state index in [-0.39, 0.29) is 29.5 Å². The highest BCUT2D eigenvalue weighted by Crippen LogP contribution is 2.37. The van der Waals surface area contributed by atoms with Crippen LogP contribution in [0.5, 0.6) is 0 Å². The molecule has 2 N–H and O–H groups in total. The van der Waals surface area contributed by atoms with E-state index in [1.165, 1.54) is 18.2 Å². The second-order valence-electron chi connectivity index (χ2n) is 9.57. The maximum absolute atomic E-state index is 13.5. The molecule has 10 nitrogen and oxygen atoms in total. The summed E-state index contributed by atoms with van der Waals surface area (Å²) in [6, 6.07) is 19.1. The van der Waals surface area contributed by atoms with E-state index in [2.05, 4.69) is 10.6 Å². The molecule has 1 aliphatic rings. The highest BCUT2D eigenvalue weighted by molar-refractivity contribution is 6.06. The van der Waals surface area contributed by atoms with Crippen LogP contribution in [0.1, 0.15) is 59.8 Å². The monoisotopic (exact) mass is 556 g/mol.